The predicted octanol–water partition coefficient (Wildman–Crippen LogP) is 6.13. The van der Waals surface area contributed by atoms with E-state index in [-0.39, 0.29) is 12.2 Å². The molecule has 1 aromatic heterocycles. The number of thiazole rings is 1. The van der Waals surface area contributed by atoms with Crippen molar-refractivity contribution < 1.29 is 32.3 Å². The van der Waals surface area contributed by atoms with Gasteiger partial charge in [-0.2, -0.15) is 13.2 Å². The Bertz CT molecular complexity index is 1860. The fourth-order valence-corrected chi connectivity index (χ4v) is 8.60. The quantitative estimate of drug-likeness (QED) is 0.243. The Morgan fingerprint density at radius 1 is 1.00 bits per heavy atom. The minimum Gasteiger partial charge on any atom is -0.497 e. The summed E-state index contributed by atoms with van der Waals surface area (Å²) in [5.41, 5.74) is -0.0464. The van der Waals surface area contributed by atoms with Crippen LogP contribution in [-0.4, -0.2) is 34.6 Å². The molecule has 3 atom stereocenters. The van der Waals surface area contributed by atoms with E-state index < -0.39 is 51.4 Å². The van der Waals surface area contributed by atoms with Gasteiger partial charge in [0.15, 0.2) is 0 Å². The molecule has 1 fully saturated rings. The maximum absolute atomic E-state index is 14.0. The molecule has 3 amide bonds. The number of carbonyl (C=O) groups is 3. The lowest BCUT2D eigenvalue weighted by Gasteiger charge is -2.30. The third kappa shape index (κ3) is 5.46. The lowest BCUT2D eigenvalue weighted by atomic mass is 9.83. The van der Waals surface area contributed by atoms with Crippen LogP contribution in [0.25, 0.3) is 0 Å². The van der Waals surface area contributed by atoms with Gasteiger partial charge in [0.05, 0.1) is 29.3 Å². The van der Waals surface area contributed by atoms with Crippen LogP contribution >= 0.6 is 39.0 Å². The van der Waals surface area contributed by atoms with Gasteiger partial charge < -0.3 is 10.1 Å². The first-order valence-electron chi connectivity index (χ1n) is 13.1. The number of carbonyl (C=O) groups excluding carboxylic acids is 3. The van der Waals surface area contributed by atoms with E-state index in [1.54, 1.807) is 48.5 Å². The second kappa shape index (κ2) is 11.6. The number of alkyl halides is 3. The predicted molar refractivity (Wildman–Crippen MR) is 163 cm³/mol. The Morgan fingerprint density at radius 2 is 1.73 bits per heavy atom. The summed E-state index contributed by atoms with van der Waals surface area (Å²) in [6.07, 6.45) is -4.67. The number of halogens is 4. The van der Waals surface area contributed by atoms with Crippen molar-refractivity contribution in [1.29, 1.82) is 0 Å². The normalized spacial score (nSPS) is 19.5. The first kappa shape index (κ1) is 30.2. The summed E-state index contributed by atoms with van der Waals surface area (Å²) in [7, 11) is 1.52. The van der Waals surface area contributed by atoms with E-state index in [2.05, 4.69) is 21.2 Å². The van der Waals surface area contributed by atoms with Gasteiger partial charge in [-0.25, -0.2) is 4.90 Å². The largest absolute Gasteiger partial charge is 0.497 e. The summed E-state index contributed by atoms with van der Waals surface area (Å²) in [5.74, 6) is -2.99. The molecule has 44 heavy (non-hydrogen) atoms. The van der Waals surface area contributed by atoms with Gasteiger partial charge in [-0.15, -0.1) is 0 Å². The van der Waals surface area contributed by atoms with Gasteiger partial charge >= 0.3 is 11.0 Å². The van der Waals surface area contributed by atoms with E-state index in [1.165, 1.54) is 17.7 Å². The van der Waals surface area contributed by atoms with E-state index in [0.717, 1.165) is 46.2 Å². The van der Waals surface area contributed by atoms with E-state index >= 15 is 0 Å². The number of thioether (sulfide) groups is 1. The molecule has 1 saturated heterocycles. The molecule has 6 rings (SSSR count). The number of ether oxygens (including phenoxy) is 1. The molecule has 0 bridgehead atoms. The van der Waals surface area contributed by atoms with Crippen LogP contribution in [0.5, 0.6) is 5.75 Å². The van der Waals surface area contributed by atoms with Gasteiger partial charge in [0.1, 0.15) is 17.5 Å². The molecular formula is C30H21BrF3N3O5S2. The van der Waals surface area contributed by atoms with Crippen LogP contribution in [0.15, 0.2) is 87.1 Å². The lowest BCUT2D eigenvalue weighted by Crippen LogP contribution is -2.33. The average Bonchev–Trinajstić information content (AvgIpc) is 3.43. The monoisotopic (exact) mass is 703 g/mol. The van der Waals surface area contributed by atoms with Crippen molar-refractivity contribution in [3.63, 3.8) is 0 Å². The maximum Gasteiger partial charge on any atom is 0.416 e. The summed E-state index contributed by atoms with van der Waals surface area (Å²) in [5, 5.41) is 2.06. The van der Waals surface area contributed by atoms with Gasteiger partial charge in [0.25, 0.3) is 0 Å². The highest BCUT2D eigenvalue weighted by atomic mass is 79.9. The van der Waals surface area contributed by atoms with Gasteiger partial charge in [0.2, 0.25) is 17.7 Å². The molecule has 3 unspecified atom stereocenters. The second-order valence-electron chi connectivity index (χ2n) is 10.1. The highest BCUT2D eigenvalue weighted by Crippen LogP contribution is 2.54. The van der Waals surface area contributed by atoms with Crippen LogP contribution in [0.3, 0.4) is 0 Å². The van der Waals surface area contributed by atoms with Gasteiger partial charge in [-0.3, -0.25) is 23.7 Å². The fourth-order valence-electron chi connectivity index (χ4n) is 5.41. The first-order chi connectivity index (χ1) is 21.0. The van der Waals surface area contributed by atoms with Crippen molar-refractivity contribution in [2.75, 3.05) is 17.3 Å². The molecule has 226 valence electrons. The average molecular weight is 705 g/mol. The third-order valence-electron chi connectivity index (χ3n) is 7.36. The van der Waals surface area contributed by atoms with Gasteiger partial charge in [0, 0.05) is 21.0 Å². The summed E-state index contributed by atoms with van der Waals surface area (Å²) in [4.78, 5) is 55.0. The molecule has 0 aliphatic carbocycles. The zero-order valence-electron chi connectivity index (χ0n) is 22.6. The van der Waals surface area contributed by atoms with E-state index in [1.807, 2.05) is 0 Å². The van der Waals surface area contributed by atoms with Crippen LogP contribution in [0.1, 0.15) is 21.9 Å². The standard InChI is InChI=1S/C30H21BrF3N3O5S2/c1-42-20-10-8-18(9-11-20)35-21(38)14-36-28-25(44-29(36)41)22(15-4-2-6-17(31)12-15)23-24(43-28)27(40)37(26(23)39)19-7-3-5-16(13-19)30(32,33)34/h2-13,22-24H,14H2,1H3,(H,35,38). The number of imide groups is 1. The zero-order chi connectivity index (χ0) is 31.3. The Hall–Kier alpha value is -3.88. The number of fused-ring (bicyclic) bond motifs is 2. The van der Waals surface area contributed by atoms with Crippen LogP contribution in [-0.2, 0) is 27.1 Å². The molecule has 3 aromatic carbocycles. The molecule has 0 saturated carbocycles. The summed E-state index contributed by atoms with van der Waals surface area (Å²) in [6.45, 7) is -0.355. The number of aromatic nitrogens is 1. The van der Waals surface area contributed by atoms with Crippen LogP contribution < -0.4 is 19.8 Å². The van der Waals surface area contributed by atoms with Crippen molar-refractivity contribution in [3.8, 4) is 5.75 Å². The number of methoxy groups -OCH3 is 1. The fraction of sp³-hybridized carbons (Fsp3) is 0.200. The number of amides is 3. The van der Waals surface area contributed by atoms with Crippen LogP contribution in [0, 0.1) is 5.92 Å². The SMILES string of the molecule is COc1ccc(NC(=O)Cn2c3c(sc2=O)C(c2cccc(Br)c2)C2C(=O)N(c4cccc(C(F)(F)F)c4)C(=O)C2S3)cc1. The molecule has 0 spiro atoms. The molecule has 8 nitrogen and oxygen atoms in total. The maximum atomic E-state index is 14.0. The number of nitrogens with zero attached hydrogens (tertiary/aromatic N) is 2. The summed E-state index contributed by atoms with van der Waals surface area (Å²) < 4.78 is 47.6. The molecule has 4 aromatic rings. The molecular weight excluding hydrogens is 683 g/mol. The number of hydrogen-bond donors (Lipinski definition) is 1. The topological polar surface area (TPSA) is 97.7 Å². The third-order valence-corrected chi connectivity index (χ3v) is 10.5. The minimum absolute atomic E-state index is 0.183. The summed E-state index contributed by atoms with van der Waals surface area (Å²) in [6, 6.07) is 17.8. The molecule has 3 heterocycles. The van der Waals surface area contributed by atoms with E-state index in [0.29, 0.717) is 31.4 Å². The Morgan fingerprint density at radius 3 is 2.41 bits per heavy atom. The Labute approximate surface area is 265 Å². The summed E-state index contributed by atoms with van der Waals surface area (Å²) >= 11 is 5.30. The first-order valence-corrected chi connectivity index (χ1v) is 15.6. The molecule has 2 aliphatic heterocycles. The number of hydrogen-bond acceptors (Lipinski definition) is 7. The molecule has 0 radical (unpaired) electrons. The smallest absolute Gasteiger partial charge is 0.416 e. The minimum atomic E-state index is -4.67. The number of benzene rings is 3. The van der Waals surface area contributed by atoms with Crippen molar-refractivity contribution in [2.45, 2.75) is 28.9 Å². The number of anilines is 2. The van der Waals surface area contributed by atoms with E-state index in [9.17, 15) is 32.3 Å². The molecule has 1 N–H and O–H groups in total. The highest BCUT2D eigenvalue weighted by Gasteiger charge is 2.57. The van der Waals surface area contributed by atoms with Crippen molar-refractivity contribution >= 4 is 68.1 Å². The second-order valence-corrected chi connectivity index (χ2v) is 13.1. The van der Waals surface area contributed by atoms with E-state index in [4.69, 9.17) is 4.74 Å². The highest BCUT2D eigenvalue weighted by molar-refractivity contribution is 9.10. The van der Waals surface area contributed by atoms with Crippen molar-refractivity contribution in [3.05, 3.63) is 103 Å². The van der Waals surface area contributed by atoms with Crippen molar-refractivity contribution in [1.82, 2.24) is 4.57 Å². The zero-order valence-corrected chi connectivity index (χ0v) is 25.9. The Balaban J connectivity index is 1.39. The van der Waals surface area contributed by atoms with Gasteiger partial charge in [-0.05, 0) is 60.2 Å². The molecule has 14 heteroatoms. The number of nitrogens with one attached hydrogen (secondary N) is 1. The van der Waals surface area contributed by atoms with Gasteiger partial charge in [-0.1, -0.05) is 57.2 Å². The Kier molecular flexibility index (Phi) is 7.92. The van der Waals surface area contributed by atoms with Crippen molar-refractivity contribution in [2.24, 2.45) is 5.92 Å². The lowest BCUT2D eigenvalue weighted by molar-refractivity contribution is -0.137. The van der Waals surface area contributed by atoms with Crippen LogP contribution in [0.4, 0.5) is 24.5 Å². The molecule has 2 aliphatic rings. The van der Waals surface area contributed by atoms with Crippen LogP contribution in [0.2, 0.25) is 0 Å². The number of rotatable bonds is 6.